The second-order valence-electron chi connectivity index (χ2n) is 7.21. The lowest BCUT2D eigenvalue weighted by Crippen LogP contribution is -2.63. The average molecular weight is 288 g/mol. The molecule has 1 heterocycles. The van der Waals surface area contributed by atoms with Crippen LogP contribution in [-0.4, -0.2) is 30.8 Å². The topological polar surface area (TPSA) is 24.5 Å². The Labute approximate surface area is 128 Å². The van der Waals surface area contributed by atoms with E-state index in [1.54, 1.807) is 0 Å². The molecule has 1 aromatic rings. The molecule has 21 heavy (non-hydrogen) atoms. The number of ether oxygens (including phenoxy) is 1. The number of piperazine rings is 1. The largest absolute Gasteiger partial charge is 0.491 e. The van der Waals surface area contributed by atoms with Gasteiger partial charge in [-0.15, -0.1) is 0 Å². The minimum atomic E-state index is 0.229. The Bertz CT molecular complexity index is 480. The standard InChI is InChI=1S/C18H28N2O/c1-13(2)21-17-9-7-16(8-10-17)20-12-18(4,15-5-6-15)19-11-14(20)3/h7-10,13-15,19H,5-6,11-12H2,1-4H3. The highest BCUT2D eigenvalue weighted by Crippen LogP contribution is 2.42. The predicted molar refractivity (Wildman–Crippen MR) is 88.1 cm³/mol. The molecule has 2 unspecified atom stereocenters. The Morgan fingerprint density at radius 1 is 1.24 bits per heavy atom. The number of nitrogens with one attached hydrogen (secondary N) is 1. The molecule has 0 aromatic heterocycles. The van der Waals surface area contributed by atoms with Crippen LogP contribution >= 0.6 is 0 Å². The SMILES string of the molecule is CC(C)Oc1ccc(N2CC(C)(C3CC3)NCC2C)cc1. The molecule has 1 saturated carbocycles. The average Bonchev–Trinajstić information content (AvgIpc) is 3.27. The van der Waals surface area contributed by atoms with Crippen LogP contribution in [0.5, 0.6) is 5.75 Å². The molecule has 1 aromatic carbocycles. The molecule has 0 amide bonds. The van der Waals surface area contributed by atoms with E-state index in [4.69, 9.17) is 4.74 Å². The van der Waals surface area contributed by atoms with Gasteiger partial charge in [0.25, 0.3) is 0 Å². The molecule has 1 aliphatic carbocycles. The van der Waals surface area contributed by atoms with Crippen LogP contribution in [0.2, 0.25) is 0 Å². The Morgan fingerprint density at radius 3 is 2.48 bits per heavy atom. The molecule has 1 N–H and O–H groups in total. The van der Waals surface area contributed by atoms with E-state index in [1.165, 1.54) is 18.5 Å². The lowest BCUT2D eigenvalue weighted by atomic mass is 9.91. The molecule has 1 saturated heterocycles. The van der Waals surface area contributed by atoms with Gasteiger partial charge in [0.15, 0.2) is 0 Å². The van der Waals surface area contributed by atoms with Gasteiger partial charge in [-0.25, -0.2) is 0 Å². The zero-order valence-corrected chi connectivity index (χ0v) is 13.7. The highest BCUT2D eigenvalue weighted by Gasteiger charge is 2.45. The van der Waals surface area contributed by atoms with Crippen LogP contribution in [0.3, 0.4) is 0 Å². The Kier molecular flexibility index (Phi) is 3.87. The predicted octanol–water partition coefficient (Wildman–Crippen LogP) is 3.44. The van der Waals surface area contributed by atoms with Crippen molar-refractivity contribution in [2.75, 3.05) is 18.0 Å². The van der Waals surface area contributed by atoms with E-state index in [2.05, 4.69) is 62.2 Å². The van der Waals surface area contributed by atoms with Crippen molar-refractivity contribution in [1.82, 2.24) is 5.32 Å². The first kappa shape index (κ1) is 14.7. The Morgan fingerprint density at radius 2 is 1.90 bits per heavy atom. The zero-order chi connectivity index (χ0) is 15.0. The van der Waals surface area contributed by atoms with Gasteiger partial charge in [0.1, 0.15) is 5.75 Å². The van der Waals surface area contributed by atoms with Gasteiger partial charge >= 0.3 is 0 Å². The molecule has 3 rings (SSSR count). The monoisotopic (exact) mass is 288 g/mol. The van der Waals surface area contributed by atoms with Crippen molar-refractivity contribution in [2.45, 2.75) is 58.2 Å². The molecular weight excluding hydrogens is 260 g/mol. The molecule has 0 bridgehead atoms. The summed E-state index contributed by atoms with van der Waals surface area (Å²) in [4.78, 5) is 2.55. The molecule has 3 nitrogen and oxygen atoms in total. The van der Waals surface area contributed by atoms with E-state index in [9.17, 15) is 0 Å². The Balaban J connectivity index is 1.74. The summed E-state index contributed by atoms with van der Waals surface area (Å²) in [6, 6.07) is 9.13. The Hall–Kier alpha value is -1.22. The molecular formula is C18H28N2O. The third kappa shape index (κ3) is 3.18. The maximum atomic E-state index is 5.74. The van der Waals surface area contributed by atoms with Gasteiger partial charge in [-0.1, -0.05) is 0 Å². The fourth-order valence-electron chi connectivity index (χ4n) is 3.38. The van der Waals surface area contributed by atoms with E-state index in [0.717, 1.165) is 24.8 Å². The maximum absolute atomic E-state index is 5.74. The summed E-state index contributed by atoms with van der Waals surface area (Å²) in [6.07, 6.45) is 2.99. The van der Waals surface area contributed by atoms with Crippen molar-refractivity contribution in [3.8, 4) is 5.75 Å². The summed E-state index contributed by atoms with van der Waals surface area (Å²) in [5.41, 5.74) is 1.59. The summed E-state index contributed by atoms with van der Waals surface area (Å²) in [7, 11) is 0. The van der Waals surface area contributed by atoms with Gasteiger partial charge < -0.3 is 15.0 Å². The molecule has 1 aliphatic heterocycles. The second kappa shape index (κ2) is 5.53. The molecule has 2 aliphatic rings. The van der Waals surface area contributed by atoms with Crippen molar-refractivity contribution in [3.05, 3.63) is 24.3 Å². The second-order valence-corrected chi connectivity index (χ2v) is 7.21. The van der Waals surface area contributed by atoms with Crippen molar-refractivity contribution in [3.63, 3.8) is 0 Å². The van der Waals surface area contributed by atoms with Crippen molar-refractivity contribution >= 4 is 5.69 Å². The van der Waals surface area contributed by atoms with E-state index < -0.39 is 0 Å². The van der Waals surface area contributed by atoms with E-state index in [1.807, 2.05) is 0 Å². The smallest absolute Gasteiger partial charge is 0.119 e. The fraction of sp³-hybridized carbons (Fsp3) is 0.667. The summed E-state index contributed by atoms with van der Waals surface area (Å²) in [5, 5.41) is 3.78. The van der Waals surface area contributed by atoms with Crippen molar-refractivity contribution in [1.29, 1.82) is 0 Å². The van der Waals surface area contributed by atoms with Gasteiger partial charge in [0.2, 0.25) is 0 Å². The van der Waals surface area contributed by atoms with E-state index in [-0.39, 0.29) is 11.6 Å². The number of anilines is 1. The minimum absolute atomic E-state index is 0.229. The maximum Gasteiger partial charge on any atom is 0.119 e. The number of hydrogen-bond donors (Lipinski definition) is 1. The number of hydrogen-bond acceptors (Lipinski definition) is 3. The normalized spacial score (nSPS) is 29.8. The summed E-state index contributed by atoms with van der Waals surface area (Å²) >= 11 is 0. The number of nitrogens with zero attached hydrogens (tertiary/aromatic N) is 1. The number of benzene rings is 1. The summed E-state index contributed by atoms with van der Waals surface area (Å²) < 4.78 is 5.74. The molecule has 3 heteroatoms. The molecule has 0 spiro atoms. The first-order valence-corrected chi connectivity index (χ1v) is 8.26. The summed E-state index contributed by atoms with van der Waals surface area (Å²) in [5.74, 6) is 1.82. The van der Waals surface area contributed by atoms with Gasteiger partial charge in [-0.2, -0.15) is 0 Å². The third-order valence-electron chi connectivity index (χ3n) is 4.85. The van der Waals surface area contributed by atoms with Gasteiger partial charge in [-0.3, -0.25) is 0 Å². The fourth-order valence-corrected chi connectivity index (χ4v) is 3.38. The summed E-state index contributed by atoms with van der Waals surface area (Å²) in [6.45, 7) is 11.0. The van der Waals surface area contributed by atoms with Crippen molar-refractivity contribution < 1.29 is 4.74 Å². The van der Waals surface area contributed by atoms with Crippen LogP contribution in [0, 0.1) is 5.92 Å². The van der Waals surface area contributed by atoms with Crippen LogP contribution in [0.15, 0.2) is 24.3 Å². The van der Waals surface area contributed by atoms with Crippen LogP contribution in [0.1, 0.15) is 40.5 Å². The quantitative estimate of drug-likeness (QED) is 0.918. The molecule has 0 radical (unpaired) electrons. The van der Waals surface area contributed by atoms with Crippen LogP contribution in [-0.2, 0) is 0 Å². The van der Waals surface area contributed by atoms with Crippen LogP contribution in [0.4, 0.5) is 5.69 Å². The minimum Gasteiger partial charge on any atom is -0.491 e. The molecule has 2 atom stereocenters. The lowest BCUT2D eigenvalue weighted by Gasteiger charge is -2.47. The number of rotatable bonds is 4. The zero-order valence-electron chi connectivity index (χ0n) is 13.7. The third-order valence-corrected chi connectivity index (χ3v) is 4.85. The van der Waals surface area contributed by atoms with E-state index >= 15 is 0 Å². The highest BCUT2D eigenvalue weighted by atomic mass is 16.5. The van der Waals surface area contributed by atoms with E-state index in [0.29, 0.717) is 6.04 Å². The molecule has 2 fully saturated rings. The lowest BCUT2D eigenvalue weighted by molar-refractivity contribution is 0.242. The van der Waals surface area contributed by atoms with Crippen molar-refractivity contribution in [2.24, 2.45) is 5.92 Å². The van der Waals surface area contributed by atoms with Gasteiger partial charge in [-0.05, 0) is 70.7 Å². The van der Waals surface area contributed by atoms with Crippen LogP contribution < -0.4 is 15.0 Å². The van der Waals surface area contributed by atoms with Crippen LogP contribution in [0.25, 0.3) is 0 Å². The van der Waals surface area contributed by atoms with Gasteiger partial charge in [0, 0.05) is 30.4 Å². The first-order chi connectivity index (χ1) is 9.98. The first-order valence-electron chi connectivity index (χ1n) is 8.26. The highest BCUT2D eigenvalue weighted by molar-refractivity contribution is 5.51. The molecule has 116 valence electrons. The van der Waals surface area contributed by atoms with Gasteiger partial charge in [0.05, 0.1) is 6.10 Å².